The lowest BCUT2D eigenvalue weighted by molar-refractivity contribution is -0.135. The standard InChI is InChI=1S/C26H30N2O6/c1-17-9-11-27(12-10-17)26(31)18(2)28-22-13-19(7-8-24(22)34-16-25(28)30)23(29)15-33-21-6-4-5-20(14-21)32-3/h4-8,13-14,17-18H,9-12,15-16H2,1-3H3. The van der Waals surface area contributed by atoms with E-state index in [2.05, 4.69) is 6.92 Å². The van der Waals surface area contributed by atoms with Crippen molar-refractivity contribution in [2.75, 3.05) is 38.3 Å². The van der Waals surface area contributed by atoms with E-state index in [4.69, 9.17) is 14.2 Å². The number of Topliss-reactive ketones (excluding diaryl/α,β-unsaturated/α-hetero) is 1. The van der Waals surface area contributed by atoms with Gasteiger partial charge < -0.3 is 19.1 Å². The number of fused-ring (bicyclic) bond motifs is 1. The SMILES string of the molecule is COc1cccc(OCC(=O)c2ccc3c(c2)N(C(C)C(=O)N2CCC(C)CC2)C(=O)CO3)c1. The van der Waals surface area contributed by atoms with Gasteiger partial charge in [0.1, 0.15) is 23.3 Å². The highest BCUT2D eigenvalue weighted by atomic mass is 16.5. The molecule has 0 bridgehead atoms. The van der Waals surface area contributed by atoms with E-state index < -0.39 is 6.04 Å². The third-order valence-corrected chi connectivity index (χ3v) is 6.41. The van der Waals surface area contributed by atoms with Gasteiger partial charge in [0.05, 0.1) is 12.8 Å². The molecule has 0 N–H and O–H groups in total. The average Bonchev–Trinajstić information content (AvgIpc) is 2.86. The molecule has 2 aliphatic rings. The van der Waals surface area contributed by atoms with Crippen LogP contribution in [0.1, 0.15) is 37.0 Å². The zero-order valence-electron chi connectivity index (χ0n) is 19.8. The maximum Gasteiger partial charge on any atom is 0.265 e. The van der Waals surface area contributed by atoms with Gasteiger partial charge in [-0.25, -0.2) is 0 Å². The summed E-state index contributed by atoms with van der Waals surface area (Å²) in [7, 11) is 1.56. The van der Waals surface area contributed by atoms with E-state index in [0.717, 1.165) is 12.8 Å². The lowest BCUT2D eigenvalue weighted by Crippen LogP contribution is -2.53. The second-order valence-electron chi connectivity index (χ2n) is 8.81. The quantitative estimate of drug-likeness (QED) is 0.582. The van der Waals surface area contributed by atoms with Crippen molar-refractivity contribution in [3.8, 4) is 17.2 Å². The van der Waals surface area contributed by atoms with Crippen molar-refractivity contribution in [1.29, 1.82) is 0 Å². The molecule has 180 valence electrons. The first kappa shape index (κ1) is 23.6. The van der Waals surface area contributed by atoms with Crippen LogP contribution >= 0.6 is 0 Å². The number of piperidine rings is 1. The molecule has 2 aromatic carbocycles. The summed E-state index contributed by atoms with van der Waals surface area (Å²) in [4.78, 5) is 42.1. The molecule has 1 atom stereocenters. The van der Waals surface area contributed by atoms with Crippen LogP contribution in [0, 0.1) is 5.92 Å². The van der Waals surface area contributed by atoms with E-state index in [9.17, 15) is 14.4 Å². The minimum Gasteiger partial charge on any atom is -0.497 e. The van der Waals surface area contributed by atoms with Gasteiger partial charge in [0, 0.05) is 24.7 Å². The number of methoxy groups -OCH3 is 1. The number of benzene rings is 2. The fourth-order valence-corrected chi connectivity index (χ4v) is 4.30. The molecule has 2 aromatic rings. The van der Waals surface area contributed by atoms with Crippen molar-refractivity contribution in [2.45, 2.75) is 32.7 Å². The number of rotatable bonds is 7. The van der Waals surface area contributed by atoms with Crippen molar-refractivity contribution in [1.82, 2.24) is 4.90 Å². The third-order valence-electron chi connectivity index (χ3n) is 6.41. The van der Waals surface area contributed by atoms with Crippen molar-refractivity contribution in [2.24, 2.45) is 5.92 Å². The van der Waals surface area contributed by atoms with Crippen LogP contribution in [0.4, 0.5) is 5.69 Å². The summed E-state index contributed by atoms with van der Waals surface area (Å²) >= 11 is 0. The molecule has 1 unspecified atom stereocenters. The fourth-order valence-electron chi connectivity index (χ4n) is 4.30. The molecule has 2 heterocycles. The molecular formula is C26H30N2O6. The number of ketones is 1. The van der Waals surface area contributed by atoms with Crippen molar-refractivity contribution < 1.29 is 28.6 Å². The van der Waals surface area contributed by atoms with Gasteiger partial charge in [-0.1, -0.05) is 13.0 Å². The van der Waals surface area contributed by atoms with Crippen LogP contribution in [0.2, 0.25) is 0 Å². The minimum atomic E-state index is -0.693. The summed E-state index contributed by atoms with van der Waals surface area (Å²) in [6.45, 7) is 4.97. The van der Waals surface area contributed by atoms with Crippen LogP contribution in [-0.4, -0.2) is 62.0 Å². The van der Waals surface area contributed by atoms with E-state index in [1.165, 1.54) is 4.90 Å². The monoisotopic (exact) mass is 466 g/mol. The van der Waals surface area contributed by atoms with Gasteiger partial charge in [0.2, 0.25) is 5.91 Å². The van der Waals surface area contributed by atoms with Crippen LogP contribution in [0.3, 0.4) is 0 Å². The van der Waals surface area contributed by atoms with Crippen molar-refractivity contribution >= 4 is 23.3 Å². The number of carbonyl (C=O) groups is 3. The molecule has 34 heavy (non-hydrogen) atoms. The Hall–Kier alpha value is -3.55. The minimum absolute atomic E-state index is 0.0915. The average molecular weight is 467 g/mol. The van der Waals surface area contributed by atoms with Gasteiger partial charge in [0.25, 0.3) is 5.91 Å². The van der Waals surface area contributed by atoms with Crippen molar-refractivity contribution in [3.05, 3.63) is 48.0 Å². The van der Waals surface area contributed by atoms with Gasteiger partial charge >= 0.3 is 0 Å². The van der Waals surface area contributed by atoms with Gasteiger partial charge in [-0.2, -0.15) is 0 Å². The van der Waals surface area contributed by atoms with Crippen LogP contribution in [0.5, 0.6) is 17.2 Å². The summed E-state index contributed by atoms with van der Waals surface area (Å²) < 4.78 is 16.4. The summed E-state index contributed by atoms with van der Waals surface area (Å²) in [5.74, 6) is 1.55. The Morgan fingerprint density at radius 1 is 1.12 bits per heavy atom. The molecule has 0 radical (unpaired) electrons. The molecule has 0 aliphatic carbocycles. The Kier molecular flexibility index (Phi) is 7.05. The number of anilines is 1. The molecule has 0 spiro atoms. The second-order valence-corrected chi connectivity index (χ2v) is 8.81. The molecule has 1 saturated heterocycles. The predicted octanol–water partition coefficient (Wildman–Crippen LogP) is 3.33. The number of nitrogens with zero attached hydrogens (tertiary/aromatic N) is 2. The summed E-state index contributed by atoms with van der Waals surface area (Å²) in [5, 5.41) is 0. The topological polar surface area (TPSA) is 85.4 Å². The highest BCUT2D eigenvalue weighted by Crippen LogP contribution is 2.35. The van der Waals surface area contributed by atoms with Gasteiger partial charge in [-0.05, 0) is 56.0 Å². The van der Waals surface area contributed by atoms with Gasteiger partial charge in [-0.3, -0.25) is 19.3 Å². The van der Waals surface area contributed by atoms with E-state index >= 15 is 0 Å². The number of carbonyl (C=O) groups excluding carboxylic acids is 3. The fraction of sp³-hybridized carbons (Fsp3) is 0.423. The number of ether oxygens (including phenoxy) is 3. The Labute approximate surface area is 199 Å². The maximum absolute atomic E-state index is 13.2. The number of hydrogen-bond donors (Lipinski definition) is 0. The maximum atomic E-state index is 13.2. The molecule has 8 nitrogen and oxygen atoms in total. The predicted molar refractivity (Wildman–Crippen MR) is 127 cm³/mol. The van der Waals surface area contributed by atoms with E-state index in [1.807, 2.05) is 4.90 Å². The molecule has 8 heteroatoms. The van der Waals surface area contributed by atoms with E-state index in [0.29, 0.717) is 47.5 Å². The zero-order chi connectivity index (χ0) is 24.2. The molecule has 2 aliphatic heterocycles. The molecular weight excluding hydrogens is 436 g/mol. The van der Waals surface area contributed by atoms with E-state index in [-0.39, 0.29) is 30.8 Å². The number of amides is 2. The number of hydrogen-bond acceptors (Lipinski definition) is 6. The first-order valence-corrected chi connectivity index (χ1v) is 11.5. The first-order valence-electron chi connectivity index (χ1n) is 11.5. The van der Waals surface area contributed by atoms with Crippen LogP contribution in [-0.2, 0) is 9.59 Å². The second kappa shape index (κ2) is 10.2. The lowest BCUT2D eigenvalue weighted by atomic mass is 9.98. The van der Waals surface area contributed by atoms with Crippen molar-refractivity contribution in [3.63, 3.8) is 0 Å². The molecule has 0 aromatic heterocycles. The Morgan fingerprint density at radius 2 is 1.85 bits per heavy atom. The smallest absolute Gasteiger partial charge is 0.265 e. The Morgan fingerprint density at radius 3 is 2.59 bits per heavy atom. The third kappa shape index (κ3) is 5.00. The van der Waals surface area contributed by atoms with E-state index in [1.54, 1.807) is 56.5 Å². The normalized spacial score (nSPS) is 17.0. The van der Waals surface area contributed by atoms with Gasteiger partial charge in [0.15, 0.2) is 19.0 Å². The highest BCUT2D eigenvalue weighted by molar-refractivity contribution is 6.05. The zero-order valence-corrected chi connectivity index (χ0v) is 19.8. The van der Waals surface area contributed by atoms with Crippen LogP contribution in [0.15, 0.2) is 42.5 Å². The molecule has 1 fully saturated rings. The molecule has 0 saturated carbocycles. The van der Waals surface area contributed by atoms with Gasteiger partial charge in [-0.15, -0.1) is 0 Å². The Bertz CT molecular complexity index is 1080. The summed E-state index contributed by atoms with van der Waals surface area (Å²) in [6, 6.07) is 11.2. The van der Waals surface area contributed by atoms with Crippen LogP contribution in [0.25, 0.3) is 0 Å². The molecule has 4 rings (SSSR count). The molecule has 2 amide bonds. The highest BCUT2D eigenvalue weighted by Gasteiger charge is 2.36. The Balaban J connectivity index is 1.51. The summed E-state index contributed by atoms with van der Waals surface area (Å²) in [6.07, 6.45) is 1.91. The lowest BCUT2D eigenvalue weighted by Gasteiger charge is -2.38. The van der Waals surface area contributed by atoms with Crippen LogP contribution < -0.4 is 19.1 Å². The first-order chi connectivity index (χ1) is 16.4. The largest absolute Gasteiger partial charge is 0.497 e. The number of likely N-dealkylation sites (tertiary alicyclic amines) is 1. The summed E-state index contributed by atoms with van der Waals surface area (Å²) in [5.41, 5.74) is 0.797.